The maximum atomic E-state index is 12.0. The van der Waals surface area contributed by atoms with Crippen LogP contribution in [0.1, 0.15) is 97.3 Å². The molecule has 0 saturated carbocycles. The SMILES string of the molecule is CCCCCCCCCCC(CCCCC)(C(=O)O)C(C(=O)O)S(=O)(=O)O. The monoisotopic (exact) mass is 408 g/mol. The largest absolute Gasteiger partial charge is 0.481 e. The van der Waals surface area contributed by atoms with Gasteiger partial charge in [0.2, 0.25) is 0 Å². The first-order chi connectivity index (χ1) is 12.6. The van der Waals surface area contributed by atoms with Crippen molar-refractivity contribution < 1.29 is 32.8 Å². The molecule has 0 saturated heterocycles. The summed E-state index contributed by atoms with van der Waals surface area (Å²) in [5.41, 5.74) is -2.00. The molecule has 7 nitrogen and oxygen atoms in total. The van der Waals surface area contributed by atoms with E-state index in [9.17, 15) is 32.8 Å². The Morgan fingerprint density at radius 3 is 1.52 bits per heavy atom. The smallest absolute Gasteiger partial charge is 0.325 e. The van der Waals surface area contributed by atoms with Crippen molar-refractivity contribution in [1.29, 1.82) is 0 Å². The molecule has 0 aromatic rings. The highest BCUT2D eigenvalue weighted by atomic mass is 32.2. The van der Waals surface area contributed by atoms with Crippen LogP contribution in [0.25, 0.3) is 0 Å². The van der Waals surface area contributed by atoms with E-state index in [4.69, 9.17) is 0 Å². The Balaban J connectivity index is 5.16. The molecule has 0 aliphatic rings. The maximum absolute atomic E-state index is 12.0. The van der Waals surface area contributed by atoms with E-state index in [1.165, 1.54) is 6.42 Å². The van der Waals surface area contributed by atoms with Gasteiger partial charge in [-0.1, -0.05) is 84.5 Å². The summed E-state index contributed by atoms with van der Waals surface area (Å²) in [6.45, 7) is 4.05. The van der Waals surface area contributed by atoms with Gasteiger partial charge in [-0.2, -0.15) is 8.42 Å². The zero-order valence-corrected chi connectivity index (χ0v) is 17.5. The predicted molar refractivity (Wildman–Crippen MR) is 104 cm³/mol. The van der Waals surface area contributed by atoms with E-state index in [2.05, 4.69) is 6.92 Å². The van der Waals surface area contributed by atoms with Crippen molar-refractivity contribution >= 4 is 22.1 Å². The third-order valence-electron chi connectivity index (χ3n) is 5.15. The lowest BCUT2D eigenvalue weighted by atomic mass is 9.74. The van der Waals surface area contributed by atoms with Crippen molar-refractivity contribution in [3.05, 3.63) is 0 Å². The van der Waals surface area contributed by atoms with Crippen molar-refractivity contribution in [1.82, 2.24) is 0 Å². The van der Waals surface area contributed by atoms with E-state index in [0.29, 0.717) is 25.7 Å². The topological polar surface area (TPSA) is 129 Å². The summed E-state index contributed by atoms with van der Waals surface area (Å²) in [6.07, 6.45) is 9.39. The molecule has 0 heterocycles. The normalized spacial score (nSPS) is 15.2. The van der Waals surface area contributed by atoms with Crippen molar-refractivity contribution in [2.75, 3.05) is 0 Å². The van der Waals surface area contributed by atoms with E-state index >= 15 is 0 Å². The van der Waals surface area contributed by atoms with Crippen LogP contribution in [0.2, 0.25) is 0 Å². The summed E-state index contributed by atoms with van der Waals surface area (Å²) in [5, 5.41) is 16.8. The average molecular weight is 409 g/mol. The first-order valence-corrected chi connectivity index (χ1v) is 11.6. The fraction of sp³-hybridized carbons (Fsp3) is 0.895. The van der Waals surface area contributed by atoms with Crippen LogP contribution in [0.3, 0.4) is 0 Å². The van der Waals surface area contributed by atoms with Crippen molar-refractivity contribution in [2.45, 2.75) is 103 Å². The Hall–Kier alpha value is -1.15. The molecule has 160 valence electrons. The van der Waals surface area contributed by atoms with Crippen LogP contribution in [0, 0.1) is 5.41 Å². The van der Waals surface area contributed by atoms with Gasteiger partial charge in [0.15, 0.2) is 5.25 Å². The second kappa shape index (κ2) is 13.1. The maximum Gasteiger partial charge on any atom is 0.325 e. The molecular formula is C19H36O7S. The molecule has 0 aromatic carbocycles. The number of carboxylic acids is 2. The zero-order valence-electron chi connectivity index (χ0n) is 16.7. The quantitative estimate of drug-likeness (QED) is 0.238. The first kappa shape index (κ1) is 25.9. The van der Waals surface area contributed by atoms with Gasteiger partial charge in [0, 0.05) is 0 Å². The lowest BCUT2D eigenvalue weighted by molar-refractivity contribution is -0.156. The predicted octanol–water partition coefficient (Wildman–Crippen LogP) is 4.51. The number of carbonyl (C=O) groups is 2. The van der Waals surface area contributed by atoms with Gasteiger partial charge in [0.05, 0.1) is 5.41 Å². The molecule has 0 aliphatic carbocycles. The van der Waals surface area contributed by atoms with Crippen molar-refractivity contribution in [3.8, 4) is 0 Å². The van der Waals surface area contributed by atoms with Crippen LogP contribution in [0.15, 0.2) is 0 Å². The van der Waals surface area contributed by atoms with Gasteiger partial charge in [-0.15, -0.1) is 0 Å². The number of aliphatic carboxylic acids is 2. The van der Waals surface area contributed by atoms with E-state index < -0.39 is 32.7 Å². The van der Waals surface area contributed by atoms with E-state index in [1.807, 2.05) is 6.92 Å². The molecule has 0 spiro atoms. The Bertz CT molecular complexity index is 544. The second-order valence-corrected chi connectivity index (χ2v) is 8.88. The van der Waals surface area contributed by atoms with Crippen molar-refractivity contribution in [2.24, 2.45) is 5.41 Å². The molecule has 0 amide bonds. The third kappa shape index (κ3) is 9.06. The lowest BCUT2D eigenvalue weighted by Gasteiger charge is -2.33. The molecule has 0 radical (unpaired) electrons. The molecule has 2 atom stereocenters. The van der Waals surface area contributed by atoms with E-state index in [-0.39, 0.29) is 12.8 Å². The first-order valence-electron chi connectivity index (χ1n) is 10.1. The molecule has 2 unspecified atom stereocenters. The summed E-state index contributed by atoms with van der Waals surface area (Å²) in [4.78, 5) is 23.6. The van der Waals surface area contributed by atoms with E-state index in [1.54, 1.807) is 0 Å². The van der Waals surface area contributed by atoms with Gasteiger partial charge in [-0.25, -0.2) is 0 Å². The van der Waals surface area contributed by atoms with E-state index in [0.717, 1.165) is 38.5 Å². The van der Waals surface area contributed by atoms with Gasteiger partial charge >= 0.3 is 11.9 Å². The number of unbranched alkanes of at least 4 members (excludes halogenated alkanes) is 9. The van der Waals surface area contributed by atoms with Crippen LogP contribution < -0.4 is 0 Å². The second-order valence-electron chi connectivity index (χ2n) is 7.38. The van der Waals surface area contributed by atoms with Gasteiger partial charge in [-0.05, 0) is 12.8 Å². The van der Waals surface area contributed by atoms with Gasteiger partial charge in [0.25, 0.3) is 10.1 Å². The molecular weight excluding hydrogens is 372 g/mol. The van der Waals surface area contributed by atoms with Crippen LogP contribution >= 0.6 is 0 Å². The lowest BCUT2D eigenvalue weighted by Crippen LogP contribution is -2.51. The standard InChI is InChI=1S/C19H36O7S/c1-3-5-7-8-9-10-11-13-15-19(18(22)23,14-12-6-4-2)16(17(20)21)27(24,25)26/h16H,3-15H2,1-2H3,(H,20,21)(H,22,23)(H,24,25,26). The van der Waals surface area contributed by atoms with Crippen molar-refractivity contribution in [3.63, 3.8) is 0 Å². The van der Waals surface area contributed by atoms with Gasteiger partial charge in [-0.3, -0.25) is 14.1 Å². The Labute approximate surface area is 163 Å². The molecule has 27 heavy (non-hydrogen) atoms. The minimum Gasteiger partial charge on any atom is -0.481 e. The number of carboxylic acid groups (broad SMARTS) is 2. The molecule has 0 bridgehead atoms. The summed E-state index contributed by atoms with van der Waals surface area (Å²) in [7, 11) is -5.04. The van der Waals surface area contributed by atoms with Crippen LogP contribution in [0.4, 0.5) is 0 Å². The molecule has 0 rings (SSSR count). The number of rotatable bonds is 17. The van der Waals surface area contributed by atoms with Gasteiger partial charge in [0.1, 0.15) is 0 Å². The Morgan fingerprint density at radius 1 is 0.778 bits per heavy atom. The molecule has 0 fully saturated rings. The third-order valence-corrected chi connectivity index (χ3v) is 6.40. The minimum atomic E-state index is -5.04. The minimum absolute atomic E-state index is 0.0717. The summed E-state index contributed by atoms with van der Waals surface area (Å²) >= 11 is 0. The number of hydrogen-bond donors (Lipinski definition) is 3. The molecule has 8 heteroatoms. The Morgan fingerprint density at radius 2 is 1.15 bits per heavy atom. The zero-order chi connectivity index (χ0) is 20.9. The average Bonchev–Trinajstić information content (AvgIpc) is 2.55. The number of hydrogen-bond acceptors (Lipinski definition) is 4. The fourth-order valence-corrected chi connectivity index (χ4v) is 4.79. The van der Waals surface area contributed by atoms with Crippen LogP contribution in [0.5, 0.6) is 0 Å². The highest BCUT2D eigenvalue weighted by molar-refractivity contribution is 7.87. The van der Waals surface area contributed by atoms with Crippen LogP contribution in [-0.2, 0) is 19.7 Å². The summed E-state index contributed by atoms with van der Waals surface area (Å²) in [5.74, 6) is -3.28. The summed E-state index contributed by atoms with van der Waals surface area (Å²) in [6, 6.07) is 0. The molecule has 3 N–H and O–H groups in total. The Kier molecular flexibility index (Phi) is 12.5. The van der Waals surface area contributed by atoms with Crippen LogP contribution in [-0.4, -0.2) is 40.4 Å². The van der Waals surface area contributed by atoms with Gasteiger partial charge < -0.3 is 10.2 Å². The fourth-order valence-electron chi connectivity index (χ4n) is 3.63. The highest BCUT2D eigenvalue weighted by Gasteiger charge is 2.55. The highest BCUT2D eigenvalue weighted by Crippen LogP contribution is 2.39. The summed E-state index contributed by atoms with van der Waals surface area (Å²) < 4.78 is 32.8. The molecule has 0 aliphatic heterocycles. The molecule has 0 aromatic heterocycles.